The van der Waals surface area contributed by atoms with E-state index < -0.39 is 0 Å². The van der Waals surface area contributed by atoms with Crippen LogP contribution in [0.15, 0.2) is 30.5 Å². The lowest BCUT2D eigenvalue weighted by Gasteiger charge is -2.35. The highest BCUT2D eigenvalue weighted by Crippen LogP contribution is 2.24. The summed E-state index contributed by atoms with van der Waals surface area (Å²) in [5.74, 6) is -0.203. The Morgan fingerprint density at radius 2 is 2.20 bits per heavy atom. The minimum absolute atomic E-state index is 0.203. The van der Waals surface area contributed by atoms with Crippen LogP contribution in [0, 0.1) is 5.82 Å². The number of piperidine rings is 1. The largest absolute Gasteiger partial charge is 0.329 e. The van der Waals surface area contributed by atoms with E-state index in [9.17, 15) is 4.39 Å². The fourth-order valence-electron chi connectivity index (χ4n) is 3.08. The van der Waals surface area contributed by atoms with Gasteiger partial charge < -0.3 is 5.73 Å². The summed E-state index contributed by atoms with van der Waals surface area (Å²) >= 11 is 0. The lowest BCUT2D eigenvalue weighted by atomic mass is 10.0. The first-order valence-electron chi connectivity index (χ1n) is 7.26. The molecule has 0 radical (unpaired) electrons. The van der Waals surface area contributed by atoms with Gasteiger partial charge >= 0.3 is 0 Å². The second kappa shape index (κ2) is 5.85. The molecule has 2 heterocycles. The fourth-order valence-corrected chi connectivity index (χ4v) is 3.08. The number of benzene rings is 1. The van der Waals surface area contributed by atoms with Gasteiger partial charge in [-0.05, 0) is 43.1 Å². The van der Waals surface area contributed by atoms with Gasteiger partial charge in [-0.1, -0.05) is 12.5 Å². The van der Waals surface area contributed by atoms with Gasteiger partial charge in [0.15, 0.2) is 0 Å². The van der Waals surface area contributed by atoms with E-state index in [0.717, 1.165) is 30.6 Å². The van der Waals surface area contributed by atoms with Crippen LogP contribution < -0.4 is 5.73 Å². The maximum absolute atomic E-state index is 13.8. The number of hydrogen-bond donors (Lipinski definition) is 1. The average Bonchev–Trinajstić information content (AvgIpc) is 2.51. The Balaban J connectivity index is 1.92. The standard InChI is InChI=1S/C16H20FN3/c17-15-7-6-12(16-14(15)5-3-8-19-16)11-20-9-2-1-4-13(20)10-18/h3,5-8,13H,1-2,4,9-11,18H2. The second-order valence-electron chi connectivity index (χ2n) is 5.46. The van der Waals surface area contributed by atoms with E-state index in [4.69, 9.17) is 5.73 Å². The van der Waals surface area contributed by atoms with Gasteiger partial charge in [0.05, 0.1) is 5.52 Å². The maximum Gasteiger partial charge on any atom is 0.132 e. The molecule has 4 heteroatoms. The van der Waals surface area contributed by atoms with Gasteiger partial charge in [0.2, 0.25) is 0 Å². The predicted octanol–water partition coefficient (Wildman–Crippen LogP) is 2.69. The zero-order valence-electron chi connectivity index (χ0n) is 11.6. The zero-order chi connectivity index (χ0) is 13.9. The number of fused-ring (bicyclic) bond motifs is 1. The monoisotopic (exact) mass is 273 g/mol. The third-order valence-electron chi connectivity index (χ3n) is 4.19. The van der Waals surface area contributed by atoms with E-state index in [-0.39, 0.29) is 5.82 Å². The van der Waals surface area contributed by atoms with Crippen LogP contribution in [0.1, 0.15) is 24.8 Å². The minimum Gasteiger partial charge on any atom is -0.329 e. The molecule has 1 aliphatic heterocycles. The Hall–Kier alpha value is -1.52. The topological polar surface area (TPSA) is 42.1 Å². The van der Waals surface area contributed by atoms with Gasteiger partial charge in [0.1, 0.15) is 5.82 Å². The van der Waals surface area contributed by atoms with Crippen LogP contribution in [0.25, 0.3) is 10.9 Å². The van der Waals surface area contributed by atoms with Gasteiger partial charge in [0, 0.05) is 30.7 Å². The molecule has 2 aromatic rings. The van der Waals surface area contributed by atoms with Crippen molar-refractivity contribution in [3.63, 3.8) is 0 Å². The van der Waals surface area contributed by atoms with Crippen molar-refractivity contribution < 1.29 is 4.39 Å². The van der Waals surface area contributed by atoms with Crippen molar-refractivity contribution in [3.05, 3.63) is 41.8 Å². The molecule has 1 aromatic heterocycles. The Labute approximate surface area is 118 Å². The lowest BCUT2D eigenvalue weighted by Crippen LogP contribution is -2.43. The summed E-state index contributed by atoms with van der Waals surface area (Å²) in [6.07, 6.45) is 5.34. The summed E-state index contributed by atoms with van der Waals surface area (Å²) in [6.45, 7) is 2.55. The van der Waals surface area contributed by atoms with E-state index in [0.29, 0.717) is 18.0 Å². The Bertz CT molecular complexity index is 599. The summed E-state index contributed by atoms with van der Waals surface area (Å²) in [7, 11) is 0. The number of pyridine rings is 1. The van der Waals surface area contributed by atoms with Crippen LogP contribution in [0.4, 0.5) is 4.39 Å². The van der Waals surface area contributed by atoms with Crippen LogP contribution in [-0.4, -0.2) is 29.0 Å². The molecule has 2 N–H and O–H groups in total. The molecule has 1 unspecified atom stereocenters. The first-order valence-corrected chi connectivity index (χ1v) is 7.26. The molecule has 20 heavy (non-hydrogen) atoms. The molecule has 1 aliphatic rings. The number of aromatic nitrogens is 1. The highest BCUT2D eigenvalue weighted by molar-refractivity contribution is 5.82. The highest BCUT2D eigenvalue weighted by atomic mass is 19.1. The summed E-state index contributed by atoms with van der Waals surface area (Å²) in [5, 5.41) is 0.603. The van der Waals surface area contributed by atoms with Crippen LogP contribution in [0.3, 0.4) is 0 Å². The van der Waals surface area contributed by atoms with Crippen LogP contribution in [0.2, 0.25) is 0 Å². The number of nitrogens with two attached hydrogens (primary N) is 1. The molecule has 0 bridgehead atoms. The number of rotatable bonds is 3. The fraction of sp³-hybridized carbons (Fsp3) is 0.438. The van der Waals surface area contributed by atoms with E-state index >= 15 is 0 Å². The molecule has 1 aromatic carbocycles. The van der Waals surface area contributed by atoms with Gasteiger partial charge in [-0.25, -0.2) is 4.39 Å². The molecule has 0 amide bonds. The van der Waals surface area contributed by atoms with Crippen LogP contribution >= 0.6 is 0 Å². The molecular weight excluding hydrogens is 253 g/mol. The first kappa shape index (κ1) is 13.5. The first-order chi connectivity index (χ1) is 9.79. The normalized spacial score (nSPS) is 20.4. The molecule has 3 rings (SSSR count). The second-order valence-corrected chi connectivity index (χ2v) is 5.46. The third-order valence-corrected chi connectivity index (χ3v) is 4.19. The SMILES string of the molecule is NCC1CCCCN1Cc1ccc(F)c2cccnc12. The zero-order valence-corrected chi connectivity index (χ0v) is 11.6. The number of halogens is 1. The van der Waals surface area contributed by atoms with Gasteiger partial charge in [-0.3, -0.25) is 9.88 Å². The van der Waals surface area contributed by atoms with Crippen LogP contribution in [-0.2, 0) is 6.54 Å². The molecule has 0 saturated carbocycles. The van der Waals surface area contributed by atoms with E-state index in [1.165, 1.54) is 12.8 Å². The van der Waals surface area contributed by atoms with Crippen molar-refractivity contribution in [2.45, 2.75) is 31.8 Å². The van der Waals surface area contributed by atoms with E-state index in [1.807, 2.05) is 6.07 Å². The molecule has 106 valence electrons. The molecule has 0 aliphatic carbocycles. The quantitative estimate of drug-likeness (QED) is 0.935. The van der Waals surface area contributed by atoms with Gasteiger partial charge in [-0.2, -0.15) is 0 Å². The Kier molecular flexibility index (Phi) is 3.94. The molecular formula is C16H20FN3. The molecule has 3 nitrogen and oxygen atoms in total. The summed E-state index contributed by atoms with van der Waals surface area (Å²) in [6, 6.07) is 7.40. The Morgan fingerprint density at radius 3 is 3.05 bits per heavy atom. The Morgan fingerprint density at radius 1 is 1.30 bits per heavy atom. The molecule has 1 fully saturated rings. The summed E-state index contributed by atoms with van der Waals surface area (Å²) < 4.78 is 13.8. The van der Waals surface area contributed by atoms with Crippen molar-refractivity contribution in [2.75, 3.05) is 13.1 Å². The number of nitrogens with zero attached hydrogens (tertiary/aromatic N) is 2. The van der Waals surface area contributed by atoms with Crippen molar-refractivity contribution in [2.24, 2.45) is 5.73 Å². The third kappa shape index (κ3) is 2.53. The number of hydrogen-bond acceptors (Lipinski definition) is 3. The lowest BCUT2D eigenvalue weighted by molar-refractivity contribution is 0.145. The average molecular weight is 273 g/mol. The van der Waals surface area contributed by atoms with Crippen molar-refractivity contribution in [3.8, 4) is 0 Å². The predicted molar refractivity (Wildman–Crippen MR) is 78.8 cm³/mol. The highest BCUT2D eigenvalue weighted by Gasteiger charge is 2.22. The smallest absolute Gasteiger partial charge is 0.132 e. The molecule has 1 atom stereocenters. The summed E-state index contributed by atoms with van der Waals surface area (Å²) in [5.41, 5.74) is 7.72. The molecule has 0 spiro atoms. The maximum atomic E-state index is 13.8. The minimum atomic E-state index is -0.203. The molecule has 1 saturated heterocycles. The van der Waals surface area contributed by atoms with Gasteiger partial charge in [-0.15, -0.1) is 0 Å². The van der Waals surface area contributed by atoms with E-state index in [1.54, 1.807) is 24.4 Å². The van der Waals surface area contributed by atoms with Gasteiger partial charge in [0.25, 0.3) is 0 Å². The summed E-state index contributed by atoms with van der Waals surface area (Å²) in [4.78, 5) is 6.77. The van der Waals surface area contributed by atoms with E-state index in [2.05, 4.69) is 9.88 Å². The number of likely N-dealkylation sites (tertiary alicyclic amines) is 1. The van der Waals surface area contributed by atoms with Crippen molar-refractivity contribution >= 4 is 10.9 Å². The van der Waals surface area contributed by atoms with Crippen molar-refractivity contribution in [1.29, 1.82) is 0 Å². The van der Waals surface area contributed by atoms with Crippen molar-refractivity contribution in [1.82, 2.24) is 9.88 Å². The van der Waals surface area contributed by atoms with Crippen LogP contribution in [0.5, 0.6) is 0 Å².